The lowest BCUT2D eigenvalue weighted by Crippen LogP contribution is -3.00. The predicted molar refractivity (Wildman–Crippen MR) is 33.0 cm³/mol. The first kappa shape index (κ1) is 8.37. The Morgan fingerprint density at radius 2 is 1.67 bits per heavy atom. The van der Waals surface area contributed by atoms with Gasteiger partial charge in [-0.05, 0) is 6.58 Å². The lowest BCUT2D eigenvalue weighted by molar-refractivity contribution is -0.567. The van der Waals surface area contributed by atoms with Gasteiger partial charge >= 0.3 is 0 Å². The van der Waals surface area contributed by atoms with Crippen molar-refractivity contribution in [2.75, 3.05) is 0 Å². The van der Waals surface area contributed by atoms with Gasteiger partial charge in [0.25, 0.3) is 0 Å². The minimum atomic E-state index is 0. The summed E-state index contributed by atoms with van der Waals surface area (Å²) in [5, 5.41) is 0. The fourth-order valence-electron chi connectivity index (χ4n) is 0.534. The van der Waals surface area contributed by atoms with Gasteiger partial charge in [-0.15, -0.1) is 0 Å². The molecular formula is C7H8BrN. The highest BCUT2D eigenvalue weighted by Crippen LogP contribution is 1.74. The van der Waals surface area contributed by atoms with Crippen molar-refractivity contribution in [1.82, 2.24) is 0 Å². The molecule has 0 saturated carbocycles. The van der Waals surface area contributed by atoms with Crippen LogP contribution in [0.4, 0.5) is 0 Å². The summed E-state index contributed by atoms with van der Waals surface area (Å²) in [6.07, 6.45) is 5.62. The summed E-state index contributed by atoms with van der Waals surface area (Å²) >= 11 is 0. The van der Waals surface area contributed by atoms with Gasteiger partial charge in [0.05, 0.1) is 0 Å². The molecule has 0 atom stereocenters. The molecule has 48 valence electrons. The van der Waals surface area contributed by atoms with Crippen molar-refractivity contribution in [3.63, 3.8) is 0 Å². The minimum Gasteiger partial charge on any atom is -1.00 e. The van der Waals surface area contributed by atoms with E-state index in [1.165, 1.54) is 0 Å². The topological polar surface area (TPSA) is 3.88 Å². The number of aromatic nitrogens is 1. The van der Waals surface area contributed by atoms with Gasteiger partial charge in [0, 0.05) is 12.1 Å². The number of pyridine rings is 1. The van der Waals surface area contributed by atoms with E-state index in [4.69, 9.17) is 0 Å². The van der Waals surface area contributed by atoms with Crippen LogP contribution in [0.2, 0.25) is 0 Å². The third-order valence-corrected chi connectivity index (χ3v) is 0.949. The van der Waals surface area contributed by atoms with Crippen molar-refractivity contribution in [3.05, 3.63) is 37.2 Å². The van der Waals surface area contributed by atoms with Gasteiger partial charge in [-0.25, -0.2) is 0 Å². The highest BCUT2D eigenvalue weighted by molar-refractivity contribution is 4.97. The molecule has 0 radical (unpaired) electrons. The fourth-order valence-corrected chi connectivity index (χ4v) is 0.534. The first-order chi connectivity index (χ1) is 3.93. The molecule has 1 rings (SSSR count). The third-order valence-electron chi connectivity index (χ3n) is 0.949. The van der Waals surface area contributed by atoms with E-state index in [0.29, 0.717) is 0 Å². The molecule has 0 spiro atoms. The Hall–Kier alpha value is -0.630. The van der Waals surface area contributed by atoms with Crippen LogP contribution in [-0.4, -0.2) is 0 Å². The zero-order valence-electron chi connectivity index (χ0n) is 5.00. The van der Waals surface area contributed by atoms with Gasteiger partial charge in [0.2, 0.25) is 0 Å². The Bertz CT molecular complexity index is 172. The Morgan fingerprint density at radius 1 is 1.11 bits per heavy atom. The average Bonchev–Trinajstić information content (AvgIpc) is 1.90. The van der Waals surface area contributed by atoms with Gasteiger partial charge in [-0.2, -0.15) is 4.57 Å². The van der Waals surface area contributed by atoms with Crippen LogP contribution in [0.5, 0.6) is 0 Å². The van der Waals surface area contributed by atoms with E-state index in [1.54, 1.807) is 6.20 Å². The average molecular weight is 186 g/mol. The van der Waals surface area contributed by atoms with Crippen molar-refractivity contribution in [2.24, 2.45) is 0 Å². The van der Waals surface area contributed by atoms with E-state index in [0.717, 1.165) is 0 Å². The zero-order valence-corrected chi connectivity index (χ0v) is 6.58. The molecule has 0 N–H and O–H groups in total. The summed E-state index contributed by atoms with van der Waals surface area (Å²) in [5.74, 6) is 0. The van der Waals surface area contributed by atoms with E-state index in [2.05, 4.69) is 6.58 Å². The van der Waals surface area contributed by atoms with Crippen LogP contribution >= 0.6 is 0 Å². The molecule has 0 amide bonds. The number of nitrogens with zero attached hydrogens (tertiary/aromatic N) is 1. The van der Waals surface area contributed by atoms with E-state index in [-0.39, 0.29) is 17.0 Å². The molecule has 0 saturated heterocycles. The SMILES string of the molecule is C=C[n+]1ccccc1.[Br-]. The molecule has 0 aliphatic carbocycles. The van der Waals surface area contributed by atoms with Gasteiger partial charge in [-0.1, -0.05) is 6.07 Å². The van der Waals surface area contributed by atoms with Gasteiger partial charge in [0.15, 0.2) is 18.6 Å². The Kier molecular flexibility index (Phi) is 3.97. The van der Waals surface area contributed by atoms with Gasteiger partial charge in [-0.3, -0.25) is 0 Å². The van der Waals surface area contributed by atoms with Crippen molar-refractivity contribution < 1.29 is 21.5 Å². The fraction of sp³-hybridized carbons (Fsp3) is 0. The minimum absolute atomic E-state index is 0. The number of hydrogen-bond donors (Lipinski definition) is 0. The Morgan fingerprint density at radius 3 is 2.00 bits per heavy atom. The number of rotatable bonds is 1. The molecule has 0 aromatic carbocycles. The highest BCUT2D eigenvalue weighted by Gasteiger charge is 1.83. The van der Waals surface area contributed by atoms with E-state index >= 15 is 0 Å². The molecule has 9 heavy (non-hydrogen) atoms. The third kappa shape index (κ3) is 2.42. The Labute approximate surface area is 65.4 Å². The van der Waals surface area contributed by atoms with Crippen molar-refractivity contribution in [1.29, 1.82) is 0 Å². The molecule has 0 bridgehead atoms. The maximum Gasteiger partial charge on any atom is 0.174 e. The largest absolute Gasteiger partial charge is 1.00 e. The van der Waals surface area contributed by atoms with E-state index in [1.807, 2.05) is 35.2 Å². The maximum atomic E-state index is 3.59. The molecule has 1 nitrogen and oxygen atoms in total. The zero-order chi connectivity index (χ0) is 5.82. The molecule has 0 fully saturated rings. The normalized spacial score (nSPS) is 7.56. The van der Waals surface area contributed by atoms with Crippen LogP contribution in [-0.2, 0) is 0 Å². The summed E-state index contributed by atoms with van der Waals surface area (Å²) in [7, 11) is 0. The van der Waals surface area contributed by atoms with Crippen LogP contribution in [0.15, 0.2) is 37.2 Å². The molecule has 2 heteroatoms. The second-order valence-corrected chi connectivity index (χ2v) is 1.51. The molecule has 0 aliphatic rings. The second kappa shape index (κ2) is 4.27. The molecule has 0 unspecified atom stereocenters. The van der Waals surface area contributed by atoms with Crippen LogP contribution in [0, 0.1) is 0 Å². The Balaban J connectivity index is 0.000000640. The maximum absolute atomic E-state index is 3.59. The quantitative estimate of drug-likeness (QED) is 0.450. The van der Waals surface area contributed by atoms with Crippen LogP contribution in [0.3, 0.4) is 0 Å². The van der Waals surface area contributed by atoms with E-state index in [9.17, 15) is 0 Å². The van der Waals surface area contributed by atoms with Crippen molar-refractivity contribution in [3.8, 4) is 0 Å². The summed E-state index contributed by atoms with van der Waals surface area (Å²) in [6.45, 7) is 3.59. The molecular weight excluding hydrogens is 178 g/mol. The number of halogens is 1. The lowest BCUT2D eigenvalue weighted by Gasteiger charge is -1.79. The summed E-state index contributed by atoms with van der Waals surface area (Å²) in [5.41, 5.74) is 0. The summed E-state index contributed by atoms with van der Waals surface area (Å²) in [6, 6.07) is 5.89. The number of hydrogen-bond acceptors (Lipinski definition) is 0. The lowest BCUT2D eigenvalue weighted by atomic mass is 10.5. The summed E-state index contributed by atoms with van der Waals surface area (Å²) in [4.78, 5) is 0. The molecule has 0 aliphatic heterocycles. The first-order valence-corrected chi connectivity index (χ1v) is 2.52. The van der Waals surface area contributed by atoms with Crippen molar-refractivity contribution >= 4 is 6.20 Å². The molecule has 1 aromatic rings. The highest BCUT2D eigenvalue weighted by atomic mass is 79.9. The first-order valence-electron chi connectivity index (χ1n) is 2.52. The predicted octanol–water partition coefficient (Wildman–Crippen LogP) is -1.92. The van der Waals surface area contributed by atoms with Crippen LogP contribution < -0.4 is 21.5 Å². The smallest absolute Gasteiger partial charge is 0.174 e. The standard InChI is InChI=1S/C7H8N.BrH/c1-2-8-6-4-3-5-7-8;/h2-7H,1H2;1H/q+1;/p-1. The van der Waals surface area contributed by atoms with E-state index < -0.39 is 0 Å². The summed E-state index contributed by atoms with van der Waals surface area (Å²) < 4.78 is 1.89. The molecule has 1 aromatic heterocycles. The van der Waals surface area contributed by atoms with Crippen molar-refractivity contribution in [2.45, 2.75) is 0 Å². The van der Waals surface area contributed by atoms with Gasteiger partial charge < -0.3 is 17.0 Å². The van der Waals surface area contributed by atoms with Crippen LogP contribution in [0.1, 0.15) is 0 Å². The van der Waals surface area contributed by atoms with Crippen LogP contribution in [0.25, 0.3) is 6.20 Å². The monoisotopic (exact) mass is 185 g/mol. The second-order valence-electron chi connectivity index (χ2n) is 1.51. The molecule has 1 heterocycles. The van der Waals surface area contributed by atoms with Gasteiger partial charge in [0.1, 0.15) is 0 Å².